The van der Waals surface area contributed by atoms with E-state index in [1.807, 2.05) is 18.3 Å². The SMILES string of the molecule is CCNCc1cccc2ccn(Cc3ccccc3F)c12. The second-order valence-corrected chi connectivity index (χ2v) is 5.17. The van der Waals surface area contributed by atoms with E-state index >= 15 is 0 Å². The van der Waals surface area contributed by atoms with E-state index in [-0.39, 0.29) is 5.82 Å². The molecular formula is C18H19FN2. The van der Waals surface area contributed by atoms with Crippen molar-refractivity contribution < 1.29 is 4.39 Å². The Morgan fingerprint density at radius 1 is 1.00 bits per heavy atom. The fraction of sp³-hybridized carbons (Fsp3) is 0.222. The summed E-state index contributed by atoms with van der Waals surface area (Å²) in [5.41, 5.74) is 3.14. The fourth-order valence-corrected chi connectivity index (χ4v) is 2.68. The van der Waals surface area contributed by atoms with Crippen LogP contribution >= 0.6 is 0 Å². The number of hydrogen-bond donors (Lipinski definition) is 1. The van der Waals surface area contributed by atoms with Crippen LogP contribution in [-0.4, -0.2) is 11.1 Å². The van der Waals surface area contributed by atoms with Crippen molar-refractivity contribution in [1.82, 2.24) is 9.88 Å². The monoisotopic (exact) mass is 282 g/mol. The number of hydrogen-bond acceptors (Lipinski definition) is 1. The van der Waals surface area contributed by atoms with Gasteiger partial charge < -0.3 is 9.88 Å². The summed E-state index contributed by atoms with van der Waals surface area (Å²) in [7, 11) is 0. The van der Waals surface area contributed by atoms with Gasteiger partial charge in [-0.15, -0.1) is 0 Å². The lowest BCUT2D eigenvalue weighted by atomic mass is 10.1. The highest BCUT2D eigenvalue weighted by molar-refractivity contribution is 5.83. The minimum absolute atomic E-state index is 0.150. The van der Waals surface area contributed by atoms with Gasteiger partial charge in [0.1, 0.15) is 5.82 Å². The maximum Gasteiger partial charge on any atom is 0.128 e. The van der Waals surface area contributed by atoms with Crippen molar-refractivity contribution in [3.05, 3.63) is 71.7 Å². The van der Waals surface area contributed by atoms with E-state index in [4.69, 9.17) is 0 Å². The smallest absolute Gasteiger partial charge is 0.128 e. The second kappa shape index (κ2) is 6.10. The molecule has 1 N–H and O–H groups in total. The van der Waals surface area contributed by atoms with Crippen LogP contribution in [0.2, 0.25) is 0 Å². The van der Waals surface area contributed by atoms with E-state index in [1.54, 1.807) is 6.07 Å². The number of halogens is 1. The van der Waals surface area contributed by atoms with E-state index in [0.717, 1.165) is 13.1 Å². The van der Waals surface area contributed by atoms with Crippen LogP contribution in [0.15, 0.2) is 54.7 Å². The number of nitrogens with one attached hydrogen (secondary N) is 1. The van der Waals surface area contributed by atoms with Crippen LogP contribution in [0.3, 0.4) is 0 Å². The van der Waals surface area contributed by atoms with Crippen molar-refractivity contribution in [2.45, 2.75) is 20.0 Å². The number of aromatic nitrogens is 1. The van der Waals surface area contributed by atoms with Gasteiger partial charge in [-0.25, -0.2) is 4.39 Å². The zero-order valence-electron chi connectivity index (χ0n) is 12.1. The fourth-order valence-electron chi connectivity index (χ4n) is 2.68. The van der Waals surface area contributed by atoms with Gasteiger partial charge in [0.05, 0.1) is 12.1 Å². The van der Waals surface area contributed by atoms with Crippen LogP contribution in [0.4, 0.5) is 4.39 Å². The molecule has 3 aromatic rings. The third-order valence-corrected chi connectivity index (χ3v) is 3.74. The van der Waals surface area contributed by atoms with Gasteiger partial charge in [-0.1, -0.05) is 43.3 Å². The first-order valence-corrected chi connectivity index (χ1v) is 7.30. The second-order valence-electron chi connectivity index (χ2n) is 5.17. The van der Waals surface area contributed by atoms with Gasteiger partial charge in [0.15, 0.2) is 0 Å². The molecule has 0 unspecified atom stereocenters. The molecule has 0 aliphatic carbocycles. The normalized spacial score (nSPS) is 11.1. The van der Waals surface area contributed by atoms with Gasteiger partial charge in [-0.05, 0) is 29.6 Å². The van der Waals surface area contributed by atoms with Crippen LogP contribution in [0.25, 0.3) is 10.9 Å². The first-order valence-electron chi connectivity index (χ1n) is 7.30. The van der Waals surface area contributed by atoms with Crippen LogP contribution in [0.5, 0.6) is 0 Å². The minimum atomic E-state index is -0.150. The summed E-state index contributed by atoms with van der Waals surface area (Å²) in [5, 5.41) is 4.56. The number of fused-ring (bicyclic) bond motifs is 1. The number of benzene rings is 2. The van der Waals surface area contributed by atoms with E-state index in [9.17, 15) is 4.39 Å². The molecule has 1 heterocycles. The molecule has 0 aliphatic heterocycles. The minimum Gasteiger partial charge on any atom is -0.343 e. The third kappa shape index (κ3) is 2.83. The number of para-hydroxylation sites is 1. The number of nitrogens with zero attached hydrogens (tertiary/aromatic N) is 1. The highest BCUT2D eigenvalue weighted by Crippen LogP contribution is 2.22. The van der Waals surface area contributed by atoms with Gasteiger partial charge in [0, 0.05) is 18.3 Å². The van der Waals surface area contributed by atoms with Crippen LogP contribution in [0.1, 0.15) is 18.1 Å². The van der Waals surface area contributed by atoms with Crippen molar-refractivity contribution in [2.24, 2.45) is 0 Å². The summed E-state index contributed by atoms with van der Waals surface area (Å²) < 4.78 is 16.0. The predicted octanol–water partition coefficient (Wildman–Crippen LogP) is 3.94. The van der Waals surface area contributed by atoms with Gasteiger partial charge >= 0.3 is 0 Å². The highest BCUT2D eigenvalue weighted by Gasteiger charge is 2.08. The van der Waals surface area contributed by atoms with Gasteiger partial charge in [-0.3, -0.25) is 0 Å². The van der Waals surface area contributed by atoms with E-state index < -0.39 is 0 Å². The Kier molecular flexibility index (Phi) is 4.02. The zero-order valence-corrected chi connectivity index (χ0v) is 12.1. The Balaban J connectivity index is 2.01. The Hall–Kier alpha value is -2.13. The molecule has 0 fully saturated rings. The molecule has 3 heteroatoms. The van der Waals surface area contributed by atoms with Gasteiger partial charge in [0.2, 0.25) is 0 Å². The molecule has 21 heavy (non-hydrogen) atoms. The Labute approximate surface area is 124 Å². The largest absolute Gasteiger partial charge is 0.343 e. The van der Waals surface area contributed by atoms with Gasteiger partial charge in [0.25, 0.3) is 0 Å². The van der Waals surface area contributed by atoms with E-state index in [2.05, 4.69) is 41.1 Å². The standard InChI is InChI=1S/C18H19FN2/c1-2-20-12-15-8-5-7-14-10-11-21(18(14)15)13-16-6-3-4-9-17(16)19/h3-11,20H,2,12-13H2,1H3. The Morgan fingerprint density at radius 2 is 1.81 bits per heavy atom. The molecule has 0 amide bonds. The summed E-state index contributed by atoms with van der Waals surface area (Å²) in [6.07, 6.45) is 2.03. The van der Waals surface area contributed by atoms with Crippen molar-refractivity contribution in [1.29, 1.82) is 0 Å². The maximum absolute atomic E-state index is 13.9. The summed E-state index contributed by atoms with van der Waals surface area (Å²) in [4.78, 5) is 0. The molecule has 108 valence electrons. The van der Waals surface area contributed by atoms with Crippen LogP contribution in [-0.2, 0) is 13.1 Å². The summed E-state index contributed by atoms with van der Waals surface area (Å²) in [5.74, 6) is -0.150. The molecular weight excluding hydrogens is 263 g/mol. The van der Waals surface area contributed by atoms with Crippen molar-refractivity contribution in [2.75, 3.05) is 6.54 Å². The molecule has 2 aromatic carbocycles. The zero-order chi connectivity index (χ0) is 14.7. The molecule has 3 rings (SSSR count). The lowest BCUT2D eigenvalue weighted by molar-refractivity contribution is 0.601. The molecule has 0 aliphatic rings. The average molecular weight is 282 g/mol. The van der Waals surface area contributed by atoms with Gasteiger partial charge in [-0.2, -0.15) is 0 Å². The van der Waals surface area contributed by atoms with Crippen molar-refractivity contribution >= 4 is 10.9 Å². The molecule has 0 saturated carbocycles. The molecule has 0 saturated heterocycles. The lowest BCUT2D eigenvalue weighted by Crippen LogP contribution is -2.13. The Morgan fingerprint density at radius 3 is 2.62 bits per heavy atom. The molecule has 2 nitrogen and oxygen atoms in total. The topological polar surface area (TPSA) is 17.0 Å². The first kappa shape index (κ1) is 13.8. The first-order chi connectivity index (χ1) is 10.3. The van der Waals surface area contributed by atoms with E-state index in [0.29, 0.717) is 12.1 Å². The summed E-state index contributed by atoms with van der Waals surface area (Å²) >= 11 is 0. The van der Waals surface area contributed by atoms with E-state index in [1.165, 1.54) is 22.5 Å². The summed E-state index contributed by atoms with van der Waals surface area (Å²) in [6, 6.07) is 15.3. The van der Waals surface area contributed by atoms with Crippen LogP contribution in [0, 0.1) is 5.82 Å². The lowest BCUT2D eigenvalue weighted by Gasteiger charge is -2.11. The predicted molar refractivity (Wildman–Crippen MR) is 84.8 cm³/mol. The Bertz CT molecular complexity index is 746. The van der Waals surface area contributed by atoms with Crippen molar-refractivity contribution in [3.8, 4) is 0 Å². The molecule has 0 spiro atoms. The molecule has 1 aromatic heterocycles. The highest BCUT2D eigenvalue weighted by atomic mass is 19.1. The third-order valence-electron chi connectivity index (χ3n) is 3.74. The quantitative estimate of drug-likeness (QED) is 0.750. The molecule has 0 radical (unpaired) electrons. The average Bonchev–Trinajstić information content (AvgIpc) is 2.91. The molecule has 0 bridgehead atoms. The molecule has 0 atom stereocenters. The summed E-state index contributed by atoms with van der Waals surface area (Å²) in [6.45, 7) is 4.41. The maximum atomic E-state index is 13.9. The van der Waals surface area contributed by atoms with Crippen molar-refractivity contribution in [3.63, 3.8) is 0 Å². The van der Waals surface area contributed by atoms with Crippen LogP contribution < -0.4 is 5.32 Å². The number of rotatable bonds is 5.